The van der Waals surface area contributed by atoms with E-state index in [-0.39, 0.29) is 110 Å². The zero-order valence-electron chi connectivity index (χ0n) is 86.0. The van der Waals surface area contributed by atoms with Crippen LogP contribution in [0, 0.1) is 76.4 Å². The van der Waals surface area contributed by atoms with E-state index in [9.17, 15) is 60.3 Å². The van der Waals surface area contributed by atoms with Crippen molar-refractivity contribution in [1.29, 1.82) is 0 Å². The van der Waals surface area contributed by atoms with Crippen LogP contribution in [0.5, 0.6) is 0 Å². The van der Waals surface area contributed by atoms with Crippen molar-refractivity contribution in [2.45, 2.75) is 281 Å². The third-order valence-electron chi connectivity index (χ3n) is 25.0. The van der Waals surface area contributed by atoms with Gasteiger partial charge in [-0.1, -0.05) is 152 Å². The molecule has 7 aliphatic rings. The van der Waals surface area contributed by atoms with Gasteiger partial charge < -0.3 is 65.7 Å². The molecule has 0 radical (unpaired) electrons. The minimum atomic E-state index is -0.420. The molecule has 0 spiro atoms. The number of pyridine rings is 9. The molecule has 0 saturated carbocycles. The second-order valence-electron chi connectivity index (χ2n) is 41.6. The molecule has 24 nitrogen and oxygen atoms in total. The topological polar surface area (TPSA) is 256 Å². The van der Waals surface area contributed by atoms with Gasteiger partial charge in [0.25, 0.3) is 44.5 Å². The predicted molar refractivity (Wildman–Crippen MR) is 554 cm³/mol. The van der Waals surface area contributed by atoms with E-state index in [0.717, 1.165) is 166 Å². The van der Waals surface area contributed by atoms with Gasteiger partial charge in [-0.15, -0.1) is 0 Å². The summed E-state index contributed by atoms with van der Waals surface area (Å²) in [5, 5.41) is 5.10. The fourth-order valence-electron chi connectivity index (χ4n) is 18.4. The third-order valence-corrected chi connectivity index (χ3v) is 25.6. The van der Waals surface area contributed by atoms with E-state index in [0.29, 0.717) is 168 Å². The molecule has 4 atom stereocenters. The molecule has 7 aliphatic heterocycles. The van der Waals surface area contributed by atoms with E-state index in [1.165, 1.54) is 79.6 Å². The maximum Gasteiger partial charge on any atom is 0.259 e. The van der Waals surface area contributed by atoms with Gasteiger partial charge in [-0.25, -0.2) is 26.9 Å². The second-order valence-corrected chi connectivity index (χ2v) is 42.9. The number of rotatable bonds is 24. The summed E-state index contributed by atoms with van der Waals surface area (Å²) in [6, 6.07) is 18.0. The molecule has 1 N–H and O–H groups in total. The van der Waals surface area contributed by atoms with Crippen molar-refractivity contribution in [2.24, 2.45) is 47.3 Å². The zero-order chi connectivity index (χ0) is 104. The number of aromatic nitrogens is 9. The third kappa shape index (κ3) is 36.9. The van der Waals surface area contributed by atoms with E-state index in [4.69, 9.17) is 63.2 Å². The fourth-order valence-corrected chi connectivity index (χ4v) is 19.1. The van der Waals surface area contributed by atoms with Crippen LogP contribution in [-0.2, 0) is 79.8 Å². The summed E-state index contributed by atoms with van der Waals surface area (Å²) in [6.07, 6.45) is 29.4. The van der Waals surface area contributed by atoms with Gasteiger partial charge in [-0.3, -0.25) is 42.9 Å². The Morgan fingerprint density at radius 1 is 0.289 bits per heavy atom. The van der Waals surface area contributed by atoms with Crippen molar-refractivity contribution in [2.75, 3.05) is 92.4 Å². The van der Waals surface area contributed by atoms with Gasteiger partial charge in [0, 0.05) is 178 Å². The minimum absolute atomic E-state index is 0.0205. The molecule has 9 aromatic heterocycles. The number of halogens is 8. The summed E-state index contributed by atoms with van der Waals surface area (Å²) >= 11 is 18.3. The number of ether oxygens (including phenoxy) is 6. The Kier molecular flexibility index (Phi) is 47.9. The molecular weight excluding hydrogens is 1890 g/mol. The van der Waals surface area contributed by atoms with Crippen LogP contribution in [0.4, 0.5) is 22.0 Å². The van der Waals surface area contributed by atoms with Crippen molar-refractivity contribution < 1.29 is 50.4 Å². The van der Waals surface area contributed by atoms with Gasteiger partial charge in [0.15, 0.2) is 0 Å². The molecule has 0 amide bonds. The lowest BCUT2D eigenvalue weighted by Gasteiger charge is -2.29. The molecule has 32 heteroatoms. The molecule has 2 unspecified atom stereocenters. The van der Waals surface area contributed by atoms with Gasteiger partial charge >= 0.3 is 0 Å². The molecule has 0 bridgehead atoms. The van der Waals surface area contributed by atoms with Crippen molar-refractivity contribution in [3.8, 4) is 5.82 Å². The van der Waals surface area contributed by atoms with E-state index in [1.54, 1.807) is 74.9 Å². The highest BCUT2D eigenvalue weighted by molar-refractivity contribution is 6.31. The Balaban J connectivity index is 0.000000181. The van der Waals surface area contributed by atoms with Crippen LogP contribution < -0.4 is 49.8 Å². The van der Waals surface area contributed by atoms with Crippen LogP contribution in [0.1, 0.15) is 275 Å². The largest absolute Gasteiger partial charge is 0.381 e. The summed E-state index contributed by atoms with van der Waals surface area (Å²) in [5.41, 5.74) is 5.08. The Bertz CT molecular complexity index is 5270. The first-order valence-corrected chi connectivity index (χ1v) is 52.1. The fraction of sp³-hybridized carbons (Fsp3) is 0.591. The monoisotopic (exact) mass is 2040 g/mol. The Hall–Kier alpha value is -9.01. The molecule has 0 aliphatic carbocycles. The first-order chi connectivity index (χ1) is 67.6. The van der Waals surface area contributed by atoms with Gasteiger partial charge in [0.05, 0.1) is 71.7 Å². The number of nitrogens with one attached hydrogen (secondary N) is 1. The molecular formula is C110H152Cl3F5N10O14. The first kappa shape index (κ1) is 117. The van der Waals surface area contributed by atoms with Crippen LogP contribution in [0.2, 0.25) is 15.1 Å². The molecule has 782 valence electrons. The van der Waals surface area contributed by atoms with Gasteiger partial charge in [0.2, 0.25) is 0 Å². The van der Waals surface area contributed by atoms with Gasteiger partial charge in [0.1, 0.15) is 34.9 Å². The Labute approximate surface area is 848 Å². The normalized spacial score (nSPS) is 17.9. The van der Waals surface area contributed by atoms with Crippen molar-refractivity contribution in [3.63, 3.8) is 0 Å². The van der Waals surface area contributed by atoms with Crippen molar-refractivity contribution >= 4 is 34.8 Å². The summed E-state index contributed by atoms with van der Waals surface area (Å²) in [4.78, 5) is 102. The molecule has 9 aromatic rings. The maximum absolute atomic E-state index is 13.6. The molecule has 16 heterocycles. The quantitative estimate of drug-likeness (QED) is 0.0552. The van der Waals surface area contributed by atoms with Gasteiger partial charge in [-0.05, 0) is 236 Å². The zero-order valence-corrected chi connectivity index (χ0v) is 88.3. The van der Waals surface area contributed by atoms with Crippen LogP contribution in [0.3, 0.4) is 0 Å². The number of hydrogen-bond acceptors (Lipinski definition) is 16. The average Bonchev–Trinajstić information content (AvgIpc) is 0.811. The van der Waals surface area contributed by atoms with Crippen LogP contribution in [-0.4, -0.2) is 134 Å². The second kappa shape index (κ2) is 58.4. The van der Waals surface area contributed by atoms with E-state index < -0.39 is 5.82 Å². The summed E-state index contributed by atoms with van der Waals surface area (Å²) in [5.74, 6) is 1.74. The summed E-state index contributed by atoms with van der Waals surface area (Å²) in [6.45, 7) is 42.5. The minimum Gasteiger partial charge on any atom is -0.381 e. The highest BCUT2D eigenvalue weighted by Gasteiger charge is 2.29. The Morgan fingerprint density at radius 2 is 0.521 bits per heavy atom. The SMILES string of the molecule is CC(C)Cc1cc(Cl)cn(C2CCCOC2)c1=O.CC(C)Cc1cc(Cl)cn(C2CCOCC2)c1=O.CC(C)Cc1cc(Cl)cn(C2CNC2)c1=O.CC(C)Cc1cc(F)cn(-c2ccccn2)c1=O.CC(C)Cc1cc(F)cn(C2CCCOC2)c1=O.CC(C)Cc1cc(F)cn(C2CCOCC2)c1=O.CC(C)Cc1cc(F)cn([C@@H]2CCCOC2)c1=O.CC(C)Cc1cc(F)cn([C@H]2CCCOC2)c1=O. The molecule has 16 rings (SSSR count). The number of nitrogens with zero attached hydrogens (tertiary/aromatic N) is 9. The van der Waals surface area contributed by atoms with Crippen LogP contribution >= 0.6 is 34.8 Å². The highest BCUT2D eigenvalue weighted by atomic mass is 35.5. The van der Waals surface area contributed by atoms with E-state index in [2.05, 4.69) is 51.8 Å². The summed E-state index contributed by atoms with van der Waals surface area (Å²) in [7, 11) is 0. The lowest BCUT2D eigenvalue weighted by Crippen LogP contribution is -2.47. The van der Waals surface area contributed by atoms with Crippen molar-refractivity contribution in [3.05, 3.63) is 294 Å². The Morgan fingerprint density at radius 3 is 0.754 bits per heavy atom. The van der Waals surface area contributed by atoms with Gasteiger partial charge in [-0.2, -0.15) is 0 Å². The lowest BCUT2D eigenvalue weighted by atomic mass is 10.0. The molecule has 142 heavy (non-hydrogen) atoms. The lowest BCUT2D eigenvalue weighted by molar-refractivity contribution is 0.0575. The highest BCUT2D eigenvalue weighted by Crippen LogP contribution is 2.29. The standard InChI is InChI=1S/2C14H20ClNO2.C14H15FN2O.4C14H20FNO2.C12H17ClN2O/c1-10(2)7-11-8-12(15)9-16(14(11)17)13-3-5-18-6-4-13;1-10(2)6-11-7-12(15)8-16(14(11)17)13-4-3-5-18-9-13;1-10(2)7-11-8-12(15)9-17(14(11)18)13-5-3-4-6-16-13;1-10(2)7-11-8-12(15)9-16(14(11)17)13-3-5-18-6-4-13;3*1-10(2)6-11-7-12(15)8-16(14(11)17)13-4-3-5-18-9-13;1-8(2)3-9-4-10(13)7-15(12(9)16)11-5-14-6-11/h8-10,13H,3-7H2,1-2H3;7-8,10,13H,3-6,9H2,1-2H3;3-6,8-10H,7H2,1-2H3;8-10,13H,3-7H2,1-2H3;3*7-8,10,13H,3-6,9H2,1-2H3;4,7-8,11,14H,3,5-6H2,1-2H3/t;;;;2*13-;;/m....10../s1. The maximum atomic E-state index is 13.6. The summed E-state index contributed by atoms with van der Waals surface area (Å²) < 4.78 is 113. The van der Waals surface area contributed by atoms with Crippen LogP contribution in [0.25, 0.3) is 5.82 Å². The molecule has 7 fully saturated rings. The van der Waals surface area contributed by atoms with E-state index in [1.807, 2.05) is 73.8 Å². The first-order valence-electron chi connectivity index (χ1n) is 50.9. The molecule has 0 aromatic carbocycles. The average molecular weight is 2040 g/mol. The number of hydrogen-bond donors (Lipinski definition) is 1. The van der Waals surface area contributed by atoms with Crippen molar-refractivity contribution in [1.82, 2.24) is 46.8 Å². The molecule has 7 saturated heterocycles. The van der Waals surface area contributed by atoms with Crippen LogP contribution in [0.15, 0.2) is 161 Å². The predicted octanol–water partition coefficient (Wildman–Crippen LogP) is 20.7. The smallest absolute Gasteiger partial charge is 0.259 e. The van der Waals surface area contributed by atoms with E-state index >= 15 is 0 Å².